The van der Waals surface area contributed by atoms with E-state index in [-0.39, 0.29) is 17.0 Å². The second-order valence-electron chi connectivity index (χ2n) is 4.58. The molecule has 1 aromatic carbocycles. The van der Waals surface area contributed by atoms with Crippen molar-refractivity contribution >= 4 is 16.0 Å². The van der Waals surface area contributed by atoms with Gasteiger partial charge in [-0.25, -0.2) is 17.9 Å². The van der Waals surface area contributed by atoms with E-state index >= 15 is 0 Å². The molecular formula is C13H19NO5S. The molecular weight excluding hydrogens is 282 g/mol. The number of carbonyl (C=O) groups is 1. The van der Waals surface area contributed by atoms with Crippen molar-refractivity contribution < 1.29 is 23.4 Å². The van der Waals surface area contributed by atoms with Gasteiger partial charge in [0.1, 0.15) is 0 Å². The second-order valence-corrected chi connectivity index (χ2v) is 6.34. The van der Waals surface area contributed by atoms with Crippen LogP contribution in [-0.2, 0) is 10.0 Å². The van der Waals surface area contributed by atoms with Crippen LogP contribution in [0.1, 0.15) is 35.7 Å². The molecule has 1 rings (SSSR count). The fourth-order valence-electron chi connectivity index (χ4n) is 1.72. The van der Waals surface area contributed by atoms with Crippen LogP contribution in [0.2, 0.25) is 0 Å². The average Bonchev–Trinajstić information content (AvgIpc) is 2.37. The molecule has 0 saturated heterocycles. The zero-order valence-electron chi connectivity index (χ0n) is 11.5. The number of benzene rings is 1. The van der Waals surface area contributed by atoms with Crippen molar-refractivity contribution in [1.82, 2.24) is 4.72 Å². The molecule has 1 unspecified atom stereocenters. The lowest BCUT2D eigenvalue weighted by molar-refractivity contribution is 0.0696. The zero-order valence-corrected chi connectivity index (χ0v) is 12.3. The van der Waals surface area contributed by atoms with Gasteiger partial charge in [0.15, 0.2) is 0 Å². The number of aromatic carboxylic acids is 1. The van der Waals surface area contributed by atoms with Crippen LogP contribution in [-0.4, -0.2) is 37.2 Å². The van der Waals surface area contributed by atoms with Crippen molar-refractivity contribution in [2.75, 3.05) is 6.54 Å². The van der Waals surface area contributed by atoms with E-state index in [0.29, 0.717) is 12.0 Å². The molecule has 0 aliphatic carbocycles. The predicted octanol–water partition coefficient (Wildman–Crippen LogP) is 1.13. The fourth-order valence-corrected chi connectivity index (χ4v) is 2.82. The topological polar surface area (TPSA) is 104 Å². The normalized spacial score (nSPS) is 13.2. The highest BCUT2D eigenvalue weighted by atomic mass is 32.2. The molecule has 0 bridgehead atoms. The molecule has 112 valence electrons. The summed E-state index contributed by atoms with van der Waals surface area (Å²) in [6.45, 7) is 3.39. The van der Waals surface area contributed by atoms with Gasteiger partial charge in [-0.2, -0.15) is 0 Å². The van der Waals surface area contributed by atoms with Crippen LogP contribution in [0.5, 0.6) is 0 Å². The highest BCUT2D eigenvalue weighted by Gasteiger charge is 2.18. The molecule has 0 radical (unpaired) electrons. The van der Waals surface area contributed by atoms with Gasteiger partial charge < -0.3 is 10.2 Å². The molecule has 0 spiro atoms. The van der Waals surface area contributed by atoms with Crippen molar-refractivity contribution in [1.29, 1.82) is 0 Å². The molecule has 1 atom stereocenters. The van der Waals surface area contributed by atoms with Crippen LogP contribution < -0.4 is 4.72 Å². The highest BCUT2D eigenvalue weighted by molar-refractivity contribution is 7.89. The monoisotopic (exact) mass is 301 g/mol. The molecule has 3 N–H and O–H groups in total. The Morgan fingerprint density at radius 1 is 1.40 bits per heavy atom. The van der Waals surface area contributed by atoms with Crippen molar-refractivity contribution in [2.24, 2.45) is 0 Å². The van der Waals surface area contributed by atoms with E-state index in [1.54, 1.807) is 6.92 Å². The van der Waals surface area contributed by atoms with E-state index < -0.39 is 22.1 Å². The molecule has 1 aromatic rings. The Labute approximate surface area is 118 Å². The maximum atomic E-state index is 12.0. The molecule has 7 heteroatoms. The van der Waals surface area contributed by atoms with Gasteiger partial charge in [0, 0.05) is 6.54 Å². The van der Waals surface area contributed by atoms with Crippen LogP contribution in [0.3, 0.4) is 0 Å². The average molecular weight is 301 g/mol. The summed E-state index contributed by atoms with van der Waals surface area (Å²) in [6, 6.07) is 3.91. The van der Waals surface area contributed by atoms with E-state index in [0.717, 1.165) is 12.5 Å². The maximum absolute atomic E-state index is 12.0. The first-order valence-corrected chi connectivity index (χ1v) is 7.78. The summed E-state index contributed by atoms with van der Waals surface area (Å²) >= 11 is 0. The van der Waals surface area contributed by atoms with E-state index in [1.807, 2.05) is 6.92 Å². The molecule has 0 aromatic heterocycles. The van der Waals surface area contributed by atoms with E-state index in [2.05, 4.69) is 4.72 Å². The third kappa shape index (κ3) is 4.29. The Balaban J connectivity index is 2.93. The number of nitrogens with one attached hydrogen (secondary N) is 1. The Kier molecular flexibility index (Phi) is 5.67. The lowest BCUT2D eigenvalue weighted by Gasteiger charge is -2.12. The molecule has 0 saturated carbocycles. The number of carboxylic acid groups (broad SMARTS) is 1. The third-order valence-electron chi connectivity index (χ3n) is 2.88. The van der Waals surface area contributed by atoms with Crippen molar-refractivity contribution in [3.8, 4) is 0 Å². The largest absolute Gasteiger partial charge is 0.478 e. The molecule has 6 nitrogen and oxygen atoms in total. The number of sulfonamides is 1. The number of hydrogen-bond donors (Lipinski definition) is 3. The smallest absolute Gasteiger partial charge is 0.335 e. The summed E-state index contributed by atoms with van der Waals surface area (Å²) in [5.74, 6) is -1.18. The number of hydrogen-bond acceptors (Lipinski definition) is 4. The van der Waals surface area contributed by atoms with Gasteiger partial charge in [0.05, 0.1) is 16.6 Å². The van der Waals surface area contributed by atoms with Crippen LogP contribution in [0, 0.1) is 6.92 Å². The Hall–Kier alpha value is -1.44. The molecule has 0 amide bonds. The maximum Gasteiger partial charge on any atom is 0.335 e. The first-order valence-electron chi connectivity index (χ1n) is 6.29. The SMILES string of the molecule is CCCC(O)CNS(=O)(=O)c1ccc(C)c(C(=O)O)c1. The Morgan fingerprint density at radius 2 is 2.05 bits per heavy atom. The van der Waals surface area contributed by atoms with E-state index in [9.17, 15) is 18.3 Å². The molecule has 0 aliphatic rings. The summed E-state index contributed by atoms with van der Waals surface area (Å²) < 4.78 is 26.3. The number of aliphatic hydroxyl groups is 1. The number of aliphatic hydroxyl groups excluding tert-OH is 1. The third-order valence-corrected chi connectivity index (χ3v) is 4.30. The van der Waals surface area contributed by atoms with Crippen LogP contribution >= 0.6 is 0 Å². The first-order chi connectivity index (χ1) is 9.27. The zero-order chi connectivity index (χ0) is 15.3. The predicted molar refractivity (Wildman–Crippen MR) is 74.2 cm³/mol. The first kappa shape index (κ1) is 16.6. The van der Waals surface area contributed by atoms with Gasteiger partial charge in [-0.05, 0) is 31.0 Å². The van der Waals surface area contributed by atoms with Gasteiger partial charge in [-0.1, -0.05) is 19.4 Å². The van der Waals surface area contributed by atoms with Crippen molar-refractivity contribution in [3.05, 3.63) is 29.3 Å². The summed E-state index contributed by atoms with van der Waals surface area (Å²) in [4.78, 5) is 10.9. The quantitative estimate of drug-likeness (QED) is 0.700. The lowest BCUT2D eigenvalue weighted by Crippen LogP contribution is -2.32. The fraction of sp³-hybridized carbons (Fsp3) is 0.462. The van der Waals surface area contributed by atoms with Gasteiger partial charge in [0.2, 0.25) is 10.0 Å². The standard InChI is InChI=1S/C13H19NO5S/c1-3-4-10(15)8-14-20(18,19)11-6-5-9(2)12(7-11)13(16)17/h5-7,10,14-15H,3-4,8H2,1-2H3,(H,16,17). The number of rotatable bonds is 7. The van der Waals surface area contributed by atoms with Gasteiger partial charge >= 0.3 is 5.97 Å². The summed E-state index contributed by atoms with van der Waals surface area (Å²) in [5, 5.41) is 18.5. The van der Waals surface area contributed by atoms with Crippen molar-refractivity contribution in [2.45, 2.75) is 37.7 Å². The Morgan fingerprint density at radius 3 is 2.60 bits per heavy atom. The minimum Gasteiger partial charge on any atom is -0.478 e. The highest BCUT2D eigenvalue weighted by Crippen LogP contribution is 2.15. The second kappa shape index (κ2) is 6.83. The van der Waals surface area contributed by atoms with Gasteiger partial charge in [-0.3, -0.25) is 0 Å². The van der Waals surface area contributed by atoms with Crippen molar-refractivity contribution in [3.63, 3.8) is 0 Å². The molecule has 0 heterocycles. The minimum atomic E-state index is -3.82. The molecule has 20 heavy (non-hydrogen) atoms. The molecule has 0 fully saturated rings. The van der Waals surface area contributed by atoms with E-state index in [1.165, 1.54) is 12.1 Å². The summed E-state index contributed by atoms with van der Waals surface area (Å²) in [5.41, 5.74) is 0.435. The van der Waals surface area contributed by atoms with E-state index in [4.69, 9.17) is 5.11 Å². The van der Waals surface area contributed by atoms with Crippen LogP contribution in [0.15, 0.2) is 23.1 Å². The number of aryl methyl sites for hydroxylation is 1. The molecule has 0 aliphatic heterocycles. The van der Waals surface area contributed by atoms with Crippen LogP contribution in [0.25, 0.3) is 0 Å². The summed E-state index contributed by atoms with van der Waals surface area (Å²) in [7, 11) is -3.82. The Bertz CT molecular complexity index is 582. The lowest BCUT2D eigenvalue weighted by atomic mass is 10.1. The van der Waals surface area contributed by atoms with Crippen LogP contribution in [0.4, 0.5) is 0 Å². The number of carboxylic acids is 1. The minimum absolute atomic E-state index is 0.0537. The van der Waals surface area contributed by atoms with Gasteiger partial charge in [-0.15, -0.1) is 0 Å². The summed E-state index contributed by atoms with van der Waals surface area (Å²) in [6.07, 6.45) is 0.493. The van der Waals surface area contributed by atoms with Gasteiger partial charge in [0.25, 0.3) is 0 Å².